The van der Waals surface area contributed by atoms with E-state index in [0.717, 1.165) is 18.6 Å². The number of nitrogens with one attached hydrogen (secondary N) is 1. The topological polar surface area (TPSA) is 66.4 Å². The number of hydrogen-bond acceptors (Lipinski definition) is 2. The van der Waals surface area contributed by atoms with Gasteiger partial charge in [-0.1, -0.05) is 6.07 Å². The monoisotopic (exact) mass is 297 g/mol. The van der Waals surface area contributed by atoms with Crippen LogP contribution in [0.25, 0.3) is 0 Å². The number of aliphatic carboxylic acids is 1. The molecule has 1 unspecified atom stereocenters. The molecule has 1 saturated carbocycles. The summed E-state index contributed by atoms with van der Waals surface area (Å²) < 4.78 is 27.4. The predicted molar refractivity (Wildman–Crippen MR) is 71.8 cm³/mol. The van der Waals surface area contributed by atoms with E-state index in [1.54, 1.807) is 0 Å². The van der Waals surface area contributed by atoms with E-state index in [0.29, 0.717) is 12.8 Å². The summed E-state index contributed by atoms with van der Waals surface area (Å²) in [5, 5.41) is 11.6. The molecule has 114 valence electrons. The summed E-state index contributed by atoms with van der Waals surface area (Å²) >= 11 is 0. The SMILES string of the molecule is CC(C(=O)NC1(CC(=O)O)CCC1)c1c(F)cccc1F. The molecule has 1 aliphatic carbocycles. The Morgan fingerprint density at radius 3 is 2.33 bits per heavy atom. The van der Waals surface area contributed by atoms with Crippen molar-refractivity contribution in [1.29, 1.82) is 0 Å². The quantitative estimate of drug-likeness (QED) is 0.878. The molecule has 0 heterocycles. The van der Waals surface area contributed by atoms with Gasteiger partial charge in [0.1, 0.15) is 11.6 Å². The Kier molecular flexibility index (Phi) is 4.25. The maximum atomic E-state index is 13.7. The maximum Gasteiger partial charge on any atom is 0.305 e. The van der Waals surface area contributed by atoms with Crippen molar-refractivity contribution in [1.82, 2.24) is 5.32 Å². The third-order valence-corrected chi connectivity index (χ3v) is 4.01. The van der Waals surface area contributed by atoms with Gasteiger partial charge in [-0.15, -0.1) is 0 Å². The zero-order chi connectivity index (χ0) is 15.6. The largest absolute Gasteiger partial charge is 0.481 e. The normalized spacial score (nSPS) is 17.7. The van der Waals surface area contributed by atoms with Crippen LogP contribution in [0.4, 0.5) is 8.78 Å². The highest BCUT2D eigenvalue weighted by Crippen LogP contribution is 2.36. The molecule has 1 aromatic carbocycles. The Morgan fingerprint density at radius 2 is 1.90 bits per heavy atom. The van der Waals surface area contributed by atoms with Gasteiger partial charge in [0.25, 0.3) is 0 Å². The molecule has 21 heavy (non-hydrogen) atoms. The van der Waals surface area contributed by atoms with E-state index in [9.17, 15) is 18.4 Å². The fourth-order valence-electron chi connectivity index (χ4n) is 2.66. The van der Waals surface area contributed by atoms with Crippen LogP contribution in [0, 0.1) is 11.6 Å². The molecule has 4 nitrogen and oxygen atoms in total. The van der Waals surface area contributed by atoms with E-state index >= 15 is 0 Å². The number of halogens is 2. The van der Waals surface area contributed by atoms with Gasteiger partial charge in [0.15, 0.2) is 0 Å². The van der Waals surface area contributed by atoms with Crippen molar-refractivity contribution in [2.45, 2.75) is 44.1 Å². The van der Waals surface area contributed by atoms with E-state index in [2.05, 4.69) is 5.32 Å². The van der Waals surface area contributed by atoms with Crippen LogP contribution in [0.5, 0.6) is 0 Å². The Morgan fingerprint density at radius 1 is 1.33 bits per heavy atom. The van der Waals surface area contributed by atoms with Crippen molar-refractivity contribution in [3.8, 4) is 0 Å². The van der Waals surface area contributed by atoms with Crippen LogP contribution < -0.4 is 5.32 Å². The highest BCUT2D eigenvalue weighted by molar-refractivity contribution is 5.85. The van der Waals surface area contributed by atoms with Crippen molar-refractivity contribution < 1.29 is 23.5 Å². The molecule has 1 aliphatic rings. The van der Waals surface area contributed by atoms with Crippen LogP contribution in [0.2, 0.25) is 0 Å². The lowest BCUT2D eigenvalue weighted by Gasteiger charge is -2.42. The average Bonchev–Trinajstić information content (AvgIpc) is 2.35. The Balaban J connectivity index is 2.14. The van der Waals surface area contributed by atoms with E-state index < -0.39 is 35.0 Å². The molecule has 0 aromatic heterocycles. The Labute approximate surface area is 121 Å². The molecule has 1 amide bonds. The van der Waals surface area contributed by atoms with Crippen LogP contribution in [0.15, 0.2) is 18.2 Å². The van der Waals surface area contributed by atoms with E-state index in [1.165, 1.54) is 13.0 Å². The number of carboxylic acids is 1. The molecule has 2 rings (SSSR count). The van der Waals surface area contributed by atoms with Gasteiger partial charge in [-0.3, -0.25) is 9.59 Å². The zero-order valence-corrected chi connectivity index (χ0v) is 11.7. The van der Waals surface area contributed by atoms with Gasteiger partial charge >= 0.3 is 5.97 Å². The first kappa shape index (κ1) is 15.4. The Bertz CT molecular complexity index is 550. The van der Waals surface area contributed by atoms with Gasteiger partial charge in [-0.25, -0.2) is 8.78 Å². The minimum Gasteiger partial charge on any atom is -0.481 e. The second kappa shape index (κ2) is 5.79. The van der Waals surface area contributed by atoms with Gasteiger partial charge in [0.2, 0.25) is 5.91 Å². The third kappa shape index (κ3) is 3.20. The zero-order valence-electron chi connectivity index (χ0n) is 11.7. The molecule has 0 spiro atoms. The summed E-state index contributed by atoms with van der Waals surface area (Å²) in [6, 6.07) is 3.42. The number of carboxylic acid groups (broad SMARTS) is 1. The number of benzene rings is 1. The second-order valence-electron chi connectivity index (χ2n) is 5.55. The van der Waals surface area contributed by atoms with E-state index in [-0.39, 0.29) is 12.0 Å². The molecule has 0 radical (unpaired) electrons. The average molecular weight is 297 g/mol. The molecular weight excluding hydrogens is 280 g/mol. The van der Waals surface area contributed by atoms with Gasteiger partial charge < -0.3 is 10.4 Å². The summed E-state index contributed by atoms with van der Waals surface area (Å²) in [5.41, 5.74) is -1.07. The van der Waals surface area contributed by atoms with E-state index in [1.807, 2.05) is 0 Å². The molecule has 1 atom stereocenters. The summed E-state index contributed by atoms with van der Waals surface area (Å²) in [4.78, 5) is 23.1. The first-order valence-electron chi connectivity index (χ1n) is 6.82. The summed E-state index contributed by atoms with van der Waals surface area (Å²) in [5.74, 6) is -4.13. The molecule has 0 saturated heterocycles. The Hall–Kier alpha value is -1.98. The number of carbonyl (C=O) groups excluding carboxylic acids is 1. The van der Waals surface area contributed by atoms with Crippen LogP contribution >= 0.6 is 0 Å². The van der Waals surface area contributed by atoms with Gasteiger partial charge in [0, 0.05) is 5.56 Å². The first-order chi connectivity index (χ1) is 9.84. The number of hydrogen-bond donors (Lipinski definition) is 2. The number of amides is 1. The van der Waals surface area contributed by atoms with Gasteiger partial charge in [-0.2, -0.15) is 0 Å². The summed E-state index contributed by atoms with van der Waals surface area (Å²) in [7, 11) is 0. The maximum absolute atomic E-state index is 13.7. The minimum atomic E-state index is -1.02. The van der Waals surface area contributed by atoms with Crippen LogP contribution in [-0.2, 0) is 9.59 Å². The fraction of sp³-hybridized carbons (Fsp3) is 0.467. The standard InChI is InChI=1S/C15H17F2NO3/c1-9(13-10(16)4-2-5-11(13)17)14(21)18-15(6-3-7-15)8-12(19)20/h2,4-5,9H,3,6-8H2,1H3,(H,18,21)(H,19,20). The molecular formula is C15H17F2NO3. The molecule has 0 bridgehead atoms. The highest BCUT2D eigenvalue weighted by atomic mass is 19.1. The highest BCUT2D eigenvalue weighted by Gasteiger charge is 2.41. The smallest absolute Gasteiger partial charge is 0.305 e. The lowest BCUT2D eigenvalue weighted by Crippen LogP contribution is -2.55. The number of rotatable bonds is 5. The van der Waals surface area contributed by atoms with Crippen molar-refractivity contribution in [2.75, 3.05) is 0 Å². The van der Waals surface area contributed by atoms with Crippen molar-refractivity contribution in [3.05, 3.63) is 35.4 Å². The van der Waals surface area contributed by atoms with Crippen LogP contribution in [0.3, 0.4) is 0 Å². The number of carbonyl (C=O) groups is 2. The lowest BCUT2D eigenvalue weighted by molar-refractivity contribution is -0.140. The van der Waals surface area contributed by atoms with Crippen molar-refractivity contribution in [3.63, 3.8) is 0 Å². The molecule has 6 heteroatoms. The fourth-order valence-corrected chi connectivity index (χ4v) is 2.66. The predicted octanol–water partition coefficient (Wildman–Crippen LogP) is 2.58. The molecule has 0 aliphatic heterocycles. The van der Waals surface area contributed by atoms with Crippen LogP contribution in [-0.4, -0.2) is 22.5 Å². The minimum absolute atomic E-state index is 0.175. The second-order valence-corrected chi connectivity index (χ2v) is 5.55. The summed E-state index contributed by atoms with van der Waals surface area (Å²) in [6.07, 6.45) is 1.79. The van der Waals surface area contributed by atoms with Crippen LogP contribution in [0.1, 0.15) is 44.1 Å². The molecule has 2 N–H and O–H groups in total. The molecule has 1 fully saturated rings. The first-order valence-corrected chi connectivity index (χ1v) is 6.82. The van der Waals surface area contributed by atoms with Gasteiger partial charge in [-0.05, 0) is 38.3 Å². The third-order valence-electron chi connectivity index (χ3n) is 4.01. The van der Waals surface area contributed by atoms with Crippen molar-refractivity contribution >= 4 is 11.9 Å². The lowest BCUT2D eigenvalue weighted by atomic mass is 9.74. The van der Waals surface area contributed by atoms with Gasteiger partial charge in [0.05, 0.1) is 17.9 Å². The van der Waals surface area contributed by atoms with Crippen molar-refractivity contribution in [2.24, 2.45) is 0 Å². The molecule has 1 aromatic rings. The summed E-state index contributed by atoms with van der Waals surface area (Å²) in [6.45, 7) is 1.41. The van der Waals surface area contributed by atoms with E-state index in [4.69, 9.17) is 5.11 Å².